The number of methoxy groups -OCH3 is 1. The van der Waals surface area contributed by atoms with Crippen molar-refractivity contribution in [3.63, 3.8) is 0 Å². The maximum absolute atomic E-state index is 13.4. The maximum atomic E-state index is 13.4. The fourth-order valence-corrected chi connectivity index (χ4v) is 5.58. The van der Waals surface area contributed by atoms with E-state index in [1.54, 1.807) is 24.3 Å². The SMILES string of the molecule is COc1ccnc(C(=O)N[C@@H](C)C(=O)O[C@H]2CCC2(c2ccc(Cl)cc2)c2ccc(Cl)cc2)c1C(C)(C)C(=O)OCO. The Morgan fingerprint density at radius 1 is 1.05 bits per heavy atom. The number of aliphatic hydroxyl groups is 1. The van der Waals surface area contributed by atoms with Crippen LogP contribution >= 0.6 is 23.2 Å². The molecule has 9 nitrogen and oxygen atoms in total. The molecule has 0 aliphatic heterocycles. The van der Waals surface area contributed by atoms with Crippen molar-refractivity contribution in [2.24, 2.45) is 0 Å². The van der Waals surface area contributed by atoms with Crippen LogP contribution < -0.4 is 10.1 Å². The van der Waals surface area contributed by atoms with Crippen LogP contribution in [-0.2, 0) is 29.9 Å². The number of esters is 2. The number of nitrogens with one attached hydrogen (secondary N) is 1. The number of halogens is 2. The van der Waals surface area contributed by atoms with Gasteiger partial charge in [0.1, 0.15) is 23.6 Å². The van der Waals surface area contributed by atoms with E-state index >= 15 is 0 Å². The number of aromatic nitrogens is 1. The van der Waals surface area contributed by atoms with Crippen LogP contribution in [0.1, 0.15) is 60.8 Å². The van der Waals surface area contributed by atoms with Gasteiger partial charge in [0.15, 0.2) is 6.79 Å². The molecule has 0 saturated heterocycles. The summed E-state index contributed by atoms with van der Waals surface area (Å²) in [6, 6.07) is 15.3. The molecule has 0 unspecified atom stereocenters. The van der Waals surface area contributed by atoms with Gasteiger partial charge in [-0.3, -0.25) is 14.6 Å². The number of nitrogens with zero attached hydrogens (tertiary/aromatic N) is 1. The molecule has 3 aromatic rings. The minimum atomic E-state index is -1.42. The number of hydrogen-bond donors (Lipinski definition) is 2. The van der Waals surface area contributed by atoms with Crippen LogP contribution in [0.4, 0.5) is 0 Å². The Morgan fingerprint density at radius 2 is 1.62 bits per heavy atom. The van der Waals surface area contributed by atoms with Crippen LogP contribution in [-0.4, -0.2) is 54.0 Å². The van der Waals surface area contributed by atoms with Crippen molar-refractivity contribution >= 4 is 41.0 Å². The van der Waals surface area contributed by atoms with Gasteiger partial charge in [0.2, 0.25) is 0 Å². The molecule has 1 aromatic heterocycles. The Labute approximate surface area is 254 Å². The monoisotopic (exact) mass is 614 g/mol. The second kappa shape index (κ2) is 12.7. The molecule has 1 aliphatic carbocycles. The number of carbonyl (C=O) groups excluding carboxylic acids is 3. The minimum Gasteiger partial charge on any atom is -0.496 e. The maximum Gasteiger partial charge on any atom is 0.328 e. The molecular formula is C31H32Cl2N2O7. The summed E-state index contributed by atoms with van der Waals surface area (Å²) < 4.78 is 16.2. The van der Waals surface area contributed by atoms with E-state index in [-0.39, 0.29) is 17.0 Å². The van der Waals surface area contributed by atoms with Crippen LogP contribution in [0.2, 0.25) is 10.0 Å². The molecule has 1 fully saturated rings. The van der Waals surface area contributed by atoms with E-state index in [1.807, 2.05) is 24.3 Å². The van der Waals surface area contributed by atoms with Crippen molar-refractivity contribution in [2.45, 2.75) is 56.6 Å². The van der Waals surface area contributed by atoms with E-state index in [9.17, 15) is 14.4 Å². The van der Waals surface area contributed by atoms with Crippen molar-refractivity contribution in [1.29, 1.82) is 0 Å². The van der Waals surface area contributed by atoms with E-state index in [4.69, 9.17) is 42.5 Å². The number of pyridine rings is 1. The first-order valence-electron chi connectivity index (χ1n) is 13.3. The van der Waals surface area contributed by atoms with E-state index in [0.29, 0.717) is 16.5 Å². The topological polar surface area (TPSA) is 124 Å². The van der Waals surface area contributed by atoms with Crippen molar-refractivity contribution < 1.29 is 33.7 Å². The first kappa shape index (κ1) is 31.3. The average molecular weight is 616 g/mol. The van der Waals surface area contributed by atoms with Gasteiger partial charge in [-0.1, -0.05) is 47.5 Å². The molecule has 2 aromatic carbocycles. The molecule has 42 heavy (non-hydrogen) atoms. The van der Waals surface area contributed by atoms with Gasteiger partial charge < -0.3 is 24.6 Å². The van der Waals surface area contributed by atoms with E-state index in [2.05, 4.69) is 10.3 Å². The third-order valence-corrected chi connectivity index (χ3v) is 8.21. The van der Waals surface area contributed by atoms with E-state index in [1.165, 1.54) is 40.1 Å². The molecule has 2 atom stereocenters. The number of amides is 1. The van der Waals surface area contributed by atoms with Crippen LogP contribution in [0.15, 0.2) is 60.8 Å². The second-order valence-corrected chi connectivity index (χ2v) is 11.4. The van der Waals surface area contributed by atoms with Crippen LogP contribution in [0.25, 0.3) is 0 Å². The Hall–Kier alpha value is -3.66. The van der Waals surface area contributed by atoms with E-state index < -0.39 is 47.6 Å². The molecule has 4 rings (SSSR count). The molecule has 1 saturated carbocycles. The fourth-order valence-electron chi connectivity index (χ4n) is 5.33. The van der Waals surface area contributed by atoms with Gasteiger partial charge in [0.05, 0.1) is 17.9 Å². The first-order chi connectivity index (χ1) is 19.9. The summed E-state index contributed by atoms with van der Waals surface area (Å²) in [5.74, 6) is -1.92. The Balaban J connectivity index is 1.57. The number of rotatable bonds is 10. The van der Waals surface area contributed by atoms with Crippen molar-refractivity contribution in [3.05, 3.63) is 93.2 Å². The molecule has 222 valence electrons. The quantitative estimate of drug-likeness (QED) is 0.242. The van der Waals surface area contributed by atoms with Gasteiger partial charge in [-0.25, -0.2) is 4.79 Å². The lowest BCUT2D eigenvalue weighted by molar-refractivity contribution is -0.160. The zero-order valence-electron chi connectivity index (χ0n) is 23.6. The summed E-state index contributed by atoms with van der Waals surface area (Å²) in [7, 11) is 1.39. The third-order valence-electron chi connectivity index (χ3n) is 7.71. The summed E-state index contributed by atoms with van der Waals surface area (Å²) in [5, 5.41) is 12.9. The van der Waals surface area contributed by atoms with Gasteiger partial charge in [0, 0.05) is 21.8 Å². The molecule has 0 bridgehead atoms. The summed E-state index contributed by atoms with van der Waals surface area (Å²) in [6.07, 6.45) is 2.18. The Kier molecular flexibility index (Phi) is 9.45. The first-order valence-corrected chi connectivity index (χ1v) is 14.1. The van der Waals surface area contributed by atoms with Gasteiger partial charge in [0.25, 0.3) is 5.91 Å². The largest absolute Gasteiger partial charge is 0.496 e. The molecule has 1 amide bonds. The Bertz CT molecular complexity index is 1410. The van der Waals surface area contributed by atoms with Gasteiger partial charge >= 0.3 is 11.9 Å². The predicted molar refractivity (Wildman–Crippen MR) is 157 cm³/mol. The second-order valence-electron chi connectivity index (χ2n) is 10.6. The number of benzene rings is 2. The van der Waals surface area contributed by atoms with Gasteiger partial charge in [-0.05, 0) is 75.1 Å². The molecule has 0 radical (unpaired) electrons. The molecule has 11 heteroatoms. The highest BCUT2D eigenvalue weighted by Gasteiger charge is 2.52. The highest BCUT2D eigenvalue weighted by atomic mass is 35.5. The predicted octanol–water partition coefficient (Wildman–Crippen LogP) is 4.98. The highest BCUT2D eigenvalue weighted by molar-refractivity contribution is 6.30. The molecule has 2 N–H and O–H groups in total. The summed E-state index contributed by atoms with van der Waals surface area (Å²) in [6.45, 7) is 3.71. The van der Waals surface area contributed by atoms with Crippen molar-refractivity contribution in [3.8, 4) is 5.75 Å². The van der Waals surface area contributed by atoms with Gasteiger partial charge in [-0.2, -0.15) is 0 Å². The number of carbonyl (C=O) groups is 3. The number of ether oxygens (including phenoxy) is 3. The molecule has 1 aliphatic rings. The zero-order valence-corrected chi connectivity index (χ0v) is 25.2. The highest BCUT2D eigenvalue weighted by Crippen LogP contribution is 2.51. The summed E-state index contributed by atoms with van der Waals surface area (Å²) in [5.41, 5.74) is -0.134. The lowest BCUT2D eigenvalue weighted by Crippen LogP contribution is -2.54. The third kappa shape index (κ3) is 5.95. The van der Waals surface area contributed by atoms with Crippen molar-refractivity contribution in [1.82, 2.24) is 10.3 Å². The molecule has 0 spiro atoms. The molecule has 1 heterocycles. The summed E-state index contributed by atoms with van der Waals surface area (Å²) >= 11 is 12.3. The van der Waals surface area contributed by atoms with Crippen molar-refractivity contribution in [2.75, 3.05) is 13.9 Å². The average Bonchev–Trinajstić information content (AvgIpc) is 2.96. The number of hydrogen-bond acceptors (Lipinski definition) is 8. The summed E-state index contributed by atoms with van der Waals surface area (Å²) in [4.78, 5) is 43.6. The smallest absolute Gasteiger partial charge is 0.328 e. The van der Waals surface area contributed by atoms with Crippen LogP contribution in [0, 0.1) is 0 Å². The number of aliphatic hydroxyl groups excluding tert-OH is 1. The van der Waals surface area contributed by atoms with Crippen LogP contribution in [0.3, 0.4) is 0 Å². The fraction of sp³-hybridized carbons (Fsp3) is 0.355. The van der Waals surface area contributed by atoms with Gasteiger partial charge in [-0.15, -0.1) is 0 Å². The standard InChI is InChI=1S/C31H32Cl2N2O7/c1-18(35-27(37)26-25(23(40-4)14-16-34-26)30(2,3)29(39)41-17-36)28(38)42-24-13-15-31(24,19-5-9-21(32)10-6-19)20-7-11-22(33)12-8-20/h5-12,14,16,18,24,36H,13,15,17H2,1-4H3,(H,35,37)/t18-,24-/m0/s1. The van der Waals surface area contributed by atoms with E-state index in [0.717, 1.165) is 17.5 Å². The van der Waals surface area contributed by atoms with Crippen LogP contribution in [0.5, 0.6) is 5.75 Å². The minimum absolute atomic E-state index is 0.130. The lowest BCUT2D eigenvalue weighted by Gasteiger charge is -2.49. The lowest BCUT2D eigenvalue weighted by atomic mass is 9.58. The molecular weight excluding hydrogens is 583 g/mol. The zero-order chi connectivity index (χ0) is 30.7. The normalized spacial score (nSPS) is 16.5. The Morgan fingerprint density at radius 3 is 2.10 bits per heavy atom.